The Bertz CT molecular complexity index is 895. The first-order valence-corrected chi connectivity index (χ1v) is 7.94. The van der Waals surface area contributed by atoms with E-state index >= 15 is 0 Å². The van der Waals surface area contributed by atoms with E-state index in [2.05, 4.69) is 15.6 Å². The number of nitrogens with zero attached hydrogens (tertiary/aromatic N) is 1. The molecule has 3 aromatic rings. The van der Waals surface area contributed by atoms with Gasteiger partial charge in [-0.25, -0.2) is 4.39 Å². The van der Waals surface area contributed by atoms with Crippen LogP contribution in [0.4, 0.5) is 15.8 Å². The van der Waals surface area contributed by atoms with Crippen molar-refractivity contribution in [1.29, 1.82) is 0 Å². The quantitative estimate of drug-likeness (QED) is 0.735. The Morgan fingerprint density at radius 1 is 1.08 bits per heavy atom. The highest BCUT2D eigenvalue weighted by atomic mass is 19.1. The Balaban J connectivity index is 1.69. The fraction of sp³-hybridized carbons (Fsp3) is 0.100. The molecule has 4 nitrogen and oxygen atoms in total. The molecule has 126 valence electrons. The van der Waals surface area contributed by atoms with Gasteiger partial charge in [-0.15, -0.1) is 0 Å². The van der Waals surface area contributed by atoms with Crippen molar-refractivity contribution in [2.45, 2.75) is 13.5 Å². The number of rotatable bonds is 5. The third-order valence-electron chi connectivity index (χ3n) is 3.85. The highest BCUT2D eigenvalue weighted by Gasteiger charge is 2.09. The summed E-state index contributed by atoms with van der Waals surface area (Å²) in [5, 5.41) is 5.81. The van der Waals surface area contributed by atoms with E-state index in [1.165, 1.54) is 12.3 Å². The number of benzene rings is 2. The highest BCUT2D eigenvalue weighted by Crippen LogP contribution is 2.19. The van der Waals surface area contributed by atoms with Crippen molar-refractivity contribution in [3.05, 3.63) is 89.5 Å². The summed E-state index contributed by atoms with van der Waals surface area (Å²) in [4.78, 5) is 16.4. The van der Waals surface area contributed by atoms with Crippen molar-refractivity contribution < 1.29 is 9.18 Å². The second kappa shape index (κ2) is 7.57. The van der Waals surface area contributed by atoms with E-state index in [9.17, 15) is 9.18 Å². The lowest BCUT2D eigenvalue weighted by Gasteiger charge is -2.10. The molecule has 2 N–H and O–H groups in total. The molecule has 0 bridgehead atoms. The lowest BCUT2D eigenvalue weighted by atomic mass is 10.1. The molecule has 0 fully saturated rings. The number of hydrogen-bond acceptors (Lipinski definition) is 3. The minimum atomic E-state index is -0.357. The SMILES string of the molecule is Cc1ccccc1CNC(=O)c1cc(Nc2ccccc2F)ccn1. The van der Waals surface area contributed by atoms with E-state index < -0.39 is 0 Å². The summed E-state index contributed by atoms with van der Waals surface area (Å²) < 4.78 is 13.7. The van der Waals surface area contributed by atoms with Crippen LogP contribution in [0.5, 0.6) is 0 Å². The average molecular weight is 335 g/mol. The molecule has 0 radical (unpaired) electrons. The third kappa shape index (κ3) is 4.20. The number of carbonyl (C=O) groups excluding carboxylic acids is 1. The van der Waals surface area contributed by atoms with Gasteiger partial charge in [-0.05, 0) is 42.3 Å². The normalized spacial score (nSPS) is 10.3. The first-order valence-electron chi connectivity index (χ1n) is 7.94. The predicted octanol–water partition coefficient (Wildman–Crippen LogP) is 4.20. The molecule has 0 aliphatic rings. The maximum Gasteiger partial charge on any atom is 0.270 e. The van der Waals surface area contributed by atoms with Gasteiger partial charge in [0, 0.05) is 18.4 Å². The number of hydrogen-bond donors (Lipinski definition) is 2. The summed E-state index contributed by atoms with van der Waals surface area (Å²) in [6.07, 6.45) is 1.52. The average Bonchev–Trinajstić information content (AvgIpc) is 2.63. The standard InChI is InChI=1S/C20H18FN3O/c1-14-6-2-3-7-15(14)13-23-20(25)19-12-16(10-11-22-19)24-18-9-5-4-8-17(18)21/h2-12H,13H2,1H3,(H,22,24)(H,23,25). The van der Waals surface area contributed by atoms with Crippen molar-refractivity contribution in [1.82, 2.24) is 10.3 Å². The van der Waals surface area contributed by atoms with Crippen molar-refractivity contribution in [2.24, 2.45) is 0 Å². The monoisotopic (exact) mass is 335 g/mol. The second-order valence-corrected chi connectivity index (χ2v) is 5.64. The summed E-state index contributed by atoms with van der Waals surface area (Å²) in [6, 6.07) is 17.5. The van der Waals surface area contributed by atoms with E-state index in [0.717, 1.165) is 11.1 Å². The van der Waals surface area contributed by atoms with Crippen LogP contribution in [0.25, 0.3) is 0 Å². The molecule has 0 saturated carbocycles. The van der Waals surface area contributed by atoms with Crippen molar-refractivity contribution >= 4 is 17.3 Å². The van der Waals surface area contributed by atoms with Gasteiger partial charge in [0.05, 0.1) is 5.69 Å². The molecule has 5 heteroatoms. The molecule has 0 aliphatic heterocycles. The number of pyridine rings is 1. The molecule has 0 atom stereocenters. The van der Waals surface area contributed by atoms with Crippen LogP contribution in [0.1, 0.15) is 21.6 Å². The zero-order chi connectivity index (χ0) is 17.6. The Kier molecular flexibility index (Phi) is 5.04. The number of aromatic nitrogens is 1. The van der Waals surface area contributed by atoms with Crippen LogP contribution < -0.4 is 10.6 Å². The lowest BCUT2D eigenvalue weighted by Crippen LogP contribution is -2.24. The molecule has 2 aromatic carbocycles. The van der Waals surface area contributed by atoms with Crippen LogP contribution in [-0.4, -0.2) is 10.9 Å². The summed E-state index contributed by atoms with van der Waals surface area (Å²) in [5.74, 6) is -0.634. The first-order chi connectivity index (χ1) is 12.1. The Morgan fingerprint density at radius 3 is 2.64 bits per heavy atom. The number of para-hydroxylation sites is 1. The molecular formula is C20H18FN3O. The minimum Gasteiger partial charge on any atom is -0.353 e. The van der Waals surface area contributed by atoms with Crippen LogP contribution >= 0.6 is 0 Å². The zero-order valence-electron chi connectivity index (χ0n) is 13.8. The van der Waals surface area contributed by atoms with Crippen molar-refractivity contribution in [3.63, 3.8) is 0 Å². The number of nitrogens with one attached hydrogen (secondary N) is 2. The molecule has 3 rings (SSSR count). The summed E-state index contributed by atoms with van der Waals surface area (Å²) in [7, 11) is 0. The number of anilines is 2. The smallest absolute Gasteiger partial charge is 0.270 e. The highest BCUT2D eigenvalue weighted by molar-refractivity contribution is 5.93. The van der Waals surface area contributed by atoms with E-state index in [1.54, 1.807) is 30.3 Å². The molecule has 25 heavy (non-hydrogen) atoms. The zero-order valence-corrected chi connectivity index (χ0v) is 13.8. The number of aryl methyl sites for hydroxylation is 1. The van der Waals surface area contributed by atoms with Gasteiger partial charge in [-0.2, -0.15) is 0 Å². The summed E-state index contributed by atoms with van der Waals surface area (Å²) in [5.41, 5.74) is 3.39. The first kappa shape index (κ1) is 16.6. The topological polar surface area (TPSA) is 54.0 Å². The van der Waals surface area contributed by atoms with Gasteiger partial charge in [-0.3, -0.25) is 9.78 Å². The lowest BCUT2D eigenvalue weighted by molar-refractivity contribution is 0.0946. The molecule has 0 aliphatic carbocycles. The molecule has 1 aromatic heterocycles. The fourth-order valence-electron chi connectivity index (χ4n) is 2.43. The van der Waals surface area contributed by atoms with Crippen molar-refractivity contribution in [2.75, 3.05) is 5.32 Å². The largest absolute Gasteiger partial charge is 0.353 e. The van der Waals surface area contributed by atoms with Gasteiger partial charge in [0.1, 0.15) is 11.5 Å². The van der Waals surface area contributed by atoms with Gasteiger partial charge >= 0.3 is 0 Å². The van der Waals surface area contributed by atoms with E-state index in [-0.39, 0.29) is 17.4 Å². The molecule has 0 unspecified atom stereocenters. The van der Waals surface area contributed by atoms with Gasteiger partial charge in [-0.1, -0.05) is 36.4 Å². The van der Waals surface area contributed by atoms with Crippen LogP contribution in [-0.2, 0) is 6.54 Å². The van der Waals surface area contributed by atoms with Crippen LogP contribution in [0.2, 0.25) is 0 Å². The molecular weight excluding hydrogens is 317 g/mol. The number of carbonyl (C=O) groups is 1. The third-order valence-corrected chi connectivity index (χ3v) is 3.85. The fourth-order valence-corrected chi connectivity index (χ4v) is 2.43. The van der Waals surface area contributed by atoms with E-state index in [1.807, 2.05) is 31.2 Å². The van der Waals surface area contributed by atoms with Gasteiger partial charge < -0.3 is 10.6 Å². The number of amides is 1. The predicted molar refractivity (Wildman–Crippen MR) is 96.3 cm³/mol. The van der Waals surface area contributed by atoms with E-state index in [0.29, 0.717) is 17.9 Å². The molecule has 1 amide bonds. The molecule has 0 spiro atoms. The molecule has 0 saturated heterocycles. The minimum absolute atomic E-state index is 0.273. The second-order valence-electron chi connectivity index (χ2n) is 5.64. The van der Waals surface area contributed by atoms with Crippen molar-refractivity contribution in [3.8, 4) is 0 Å². The van der Waals surface area contributed by atoms with E-state index in [4.69, 9.17) is 0 Å². The van der Waals surface area contributed by atoms with Crippen LogP contribution in [0.15, 0.2) is 66.9 Å². The van der Waals surface area contributed by atoms with Gasteiger partial charge in [0.15, 0.2) is 0 Å². The maximum absolute atomic E-state index is 13.7. The van der Waals surface area contributed by atoms with Gasteiger partial charge in [0.25, 0.3) is 5.91 Å². The maximum atomic E-state index is 13.7. The van der Waals surface area contributed by atoms with Crippen LogP contribution in [0.3, 0.4) is 0 Å². The number of halogens is 1. The summed E-state index contributed by atoms with van der Waals surface area (Å²) >= 11 is 0. The molecule has 1 heterocycles. The Morgan fingerprint density at radius 2 is 1.84 bits per heavy atom. The van der Waals surface area contributed by atoms with Crippen LogP contribution in [0, 0.1) is 12.7 Å². The Labute approximate surface area is 145 Å². The van der Waals surface area contributed by atoms with Gasteiger partial charge in [0.2, 0.25) is 0 Å². The Hall–Kier alpha value is -3.21. The summed E-state index contributed by atoms with van der Waals surface area (Å²) in [6.45, 7) is 2.43.